The van der Waals surface area contributed by atoms with Crippen molar-refractivity contribution in [3.05, 3.63) is 29.3 Å². The van der Waals surface area contributed by atoms with Crippen molar-refractivity contribution >= 4 is 18.3 Å². The van der Waals surface area contributed by atoms with E-state index in [1.165, 1.54) is 0 Å². The minimum Gasteiger partial charge on any atom is -0.483 e. The van der Waals surface area contributed by atoms with Gasteiger partial charge in [0, 0.05) is 12.1 Å². The second kappa shape index (κ2) is 9.14. The molecule has 0 bridgehead atoms. The Balaban J connectivity index is 0.00000264. The summed E-state index contributed by atoms with van der Waals surface area (Å²) in [6.45, 7) is 9.52. The molecule has 1 saturated heterocycles. The lowest BCUT2D eigenvalue weighted by Crippen LogP contribution is -2.52. The lowest BCUT2D eigenvalue weighted by molar-refractivity contribution is -0.124. The SMILES string of the molecule is Cc1ccc(C(C)C)c(OCC(=O)NC2CCCNC2C)c1.Cl. The smallest absolute Gasteiger partial charge is 0.258 e. The Bertz CT molecular complexity index is 520. The van der Waals surface area contributed by atoms with Crippen LogP contribution in [-0.2, 0) is 4.79 Å². The van der Waals surface area contributed by atoms with Crippen LogP contribution in [0.4, 0.5) is 0 Å². The normalized spacial score (nSPS) is 20.7. The Labute approximate surface area is 145 Å². The summed E-state index contributed by atoms with van der Waals surface area (Å²) in [5.41, 5.74) is 2.29. The number of halogens is 1. The van der Waals surface area contributed by atoms with Crippen molar-refractivity contribution in [1.29, 1.82) is 0 Å². The number of aryl methyl sites for hydroxylation is 1. The van der Waals surface area contributed by atoms with Crippen LogP contribution in [0.2, 0.25) is 0 Å². The van der Waals surface area contributed by atoms with Gasteiger partial charge in [-0.05, 0) is 56.3 Å². The van der Waals surface area contributed by atoms with Gasteiger partial charge < -0.3 is 15.4 Å². The summed E-state index contributed by atoms with van der Waals surface area (Å²) in [5.74, 6) is 1.15. The van der Waals surface area contributed by atoms with Crippen molar-refractivity contribution in [2.45, 2.75) is 58.5 Å². The number of benzene rings is 1. The molecule has 4 nitrogen and oxygen atoms in total. The third-order valence-corrected chi connectivity index (χ3v) is 4.26. The number of ether oxygens (including phenoxy) is 1. The van der Waals surface area contributed by atoms with Gasteiger partial charge in [0.25, 0.3) is 5.91 Å². The minimum atomic E-state index is -0.0447. The molecular weight excluding hydrogens is 312 g/mol. The highest BCUT2D eigenvalue weighted by Gasteiger charge is 2.22. The molecular formula is C18H29ClN2O2. The van der Waals surface area contributed by atoms with Crippen LogP contribution in [0.15, 0.2) is 18.2 Å². The van der Waals surface area contributed by atoms with Gasteiger partial charge in [-0.25, -0.2) is 0 Å². The standard InChI is InChI=1S/C18H28N2O2.ClH/c1-12(2)15-8-7-13(3)10-17(15)22-11-18(21)20-16-6-5-9-19-14(16)4;/h7-8,10,12,14,16,19H,5-6,9,11H2,1-4H3,(H,20,21);1H. The molecule has 1 fully saturated rings. The van der Waals surface area contributed by atoms with E-state index in [9.17, 15) is 4.79 Å². The third-order valence-electron chi connectivity index (χ3n) is 4.26. The van der Waals surface area contributed by atoms with Crippen molar-refractivity contribution in [2.75, 3.05) is 13.2 Å². The summed E-state index contributed by atoms with van der Waals surface area (Å²) in [6.07, 6.45) is 2.13. The van der Waals surface area contributed by atoms with E-state index in [-0.39, 0.29) is 31.0 Å². The van der Waals surface area contributed by atoms with Crippen LogP contribution >= 0.6 is 12.4 Å². The fourth-order valence-electron chi connectivity index (χ4n) is 2.88. The fraction of sp³-hybridized carbons (Fsp3) is 0.611. The summed E-state index contributed by atoms with van der Waals surface area (Å²) >= 11 is 0. The Hall–Kier alpha value is -1.26. The Morgan fingerprint density at radius 1 is 1.43 bits per heavy atom. The van der Waals surface area contributed by atoms with Crippen molar-refractivity contribution in [2.24, 2.45) is 0 Å². The lowest BCUT2D eigenvalue weighted by Gasteiger charge is -2.30. The molecule has 2 unspecified atom stereocenters. The van der Waals surface area contributed by atoms with Crippen molar-refractivity contribution < 1.29 is 9.53 Å². The molecule has 130 valence electrons. The maximum Gasteiger partial charge on any atom is 0.258 e. The average Bonchev–Trinajstić information content (AvgIpc) is 2.47. The second-order valence-electron chi connectivity index (χ2n) is 6.54. The largest absolute Gasteiger partial charge is 0.483 e. The van der Waals surface area contributed by atoms with E-state index in [0.717, 1.165) is 36.3 Å². The molecule has 1 aromatic carbocycles. The van der Waals surface area contributed by atoms with Gasteiger partial charge in [0.1, 0.15) is 5.75 Å². The summed E-state index contributed by atoms with van der Waals surface area (Å²) in [5, 5.41) is 6.46. The molecule has 1 heterocycles. The first-order valence-electron chi connectivity index (χ1n) is 8.23. The molecule has 23 heavy (non-hydrogen) atoms. The van der Waals surface area contributed by atoms with Gasteiger partial charge in [0.05, 0.1) is 0 Å². The van der Waals surface area contributed by atoms with Gasteiger partial charge >= 0.3 is 0 Å². The Kier molecular flexibility index (Phi) is 7.86. The Morgan fingerprint density at radius 2 is 2.17 bits per heavy atom. The molecule has 2 rings (SSSR count). The monoisotopic (exact) mass is 340 g/mol. The molecule has 1 aliphatic rings. The first-order chi connectivity index (χ1) is 10.5. The maximum absolute atomic E-state index is 12.1. The van der Waals surface area contributed by atoms with Gasteiger partial charge in [-0.2, -0.15) is 0 Å². The van der Waals surface area contributed by atoms with Crippen molar-refractivity contribution in [3.63, 3.8) is 0 Å². The highest BCUT2D eigenvalue weighted by Crippen LogP contribution is 2.27. The van der Waals surface area contributed by atoms with Gasteiger partial charge in [0.2, 0.25) is 0 Å². The number of carbonyl (C=O) groups is 1. The van der Waals surface area contributed by atoms with E-state index in [0.29, 0.717) is 12.0 Å². The van der Waals surface area contributed by atoms with E-state index in [2.05, 4.69) is 43.5 Å². The number of nitrogens with one attached hydrogen (secondary N) is 2. The van der Waals surface area contributed by atoms with Crippen LogP contribution in [0.5, 0.6) is 5.75 Å². The summed E-state index contributed by atoms with van der Waals surface area (Å²) in [7, 11) is 0. The molecule has 0 saturated carbocycles. The van der Waals surface area contributed by atoms with E-state index in [4.69, 9.17) is 4.74 Å². The first-order valence-corrected chi connectivity index (χ1v) is 8.23. The highest BCUT2D eigenvalue weighted by molar-refractivity contribution is 5.85. The zero-order chi connectivity index (χ0) is 16.1. The van der Waals surface area contributed by atoms with Gasteiger partial charge in [-0.1, -0.05) is 26.0 Å². The summed E-state index contributed by atoms with van der Waals surface area (Å²) < 4.78 is 5.79. The predicted octanol–water partition coefficient (Wildman–Crippen LogP) is 3.18. The van der Waals surface area contributed by atoms with Crippen molar-refractivity contribution in [1.82, 2.24) is 10.6 Å². The summed E-state index contributed by atoms with van der Waals surface area (Å²) in [6, 6.07) is 6.70. The third kappa shape index (κ3) is 5.70. The molecule has 0 aliphatic carbocycles. The maximum atomic E-state index is 12.1. The molecule has 0 radical (unpaired) electrons. The first kappa shape index (κ1) is 19.8. The van der Waals surface area contributed by atoms with E-state index < -0.39 is 0 Å². The number of piperidine rings is 1. The molecule has 1 amide bonds. The lowest BCUT2D eigenvalue weighted by atomic mass is 10.00. The summed E-state index contributed by atoms with van der Waals surface area (Å²) in [4.78, 5) is 12.1. The zero-order valence-electron chi connectivity index (χ0n) is 14.5. The van der Waals surface area contributed by atoms with E-state index in [1.54, 1.807) is 0 Å². The molecule has 2 atom stereocenters. The van der Waals surface area contributed by atoms with Crippen LogP contribution in [-0.4, -0.2) is 31.1 Å². The second-order valence-corrected chi connectivity index (χ2v) is 6.54. The molecule has 0 aromatic heterocycles. The quantitative estimate of drug-likeness (QED) is 0.865. The van der Waals surface area contributed by atoms with Crippen LogP contribution < -0.4 is 15.4 Å². The number of carbonyl (C=O) groups excluding carboxylic acids is 1. The van der Waals surface area contributed by atoms with Gasteiger partial charge in [-0.3, -0.25) is 4.79 Å². The zero-order valence-corrected chi connectivity index (χ0v) is 15.3. The van der Waals surface area contributed by atoms with Gasteiger partial charge in [0.15, 0.2) is 6.61 Å². The van der Waals surface area contributed by atoms with Gasteiger partial charge in [-0.15, -0.1) is 12.4 Å². The van der Waals surface area contributed by atoms with Crippen molar-refractivity contribution in [3.8, 4) is 5.75 Å². The number of amides is 1. The average molecular weight is 341 g/mol. The fourth-order valence-corrected chi connectivity index (χ4v) is 2.88. The van der Waals surface area contributed by atoms with Crippen LogP contribution in [0, 0.1) is 6.92 Å². The van der Waals surface area contributed by atoms with Crippen LogP contribution in [0.1, 0.15) is 50.7 Å². The van der Waals surface area contributed by atoms with Crippen LogP contribution in [0.25, 0.3) is 0 Å². The molecule has 0 spiro atoms. The number of rotatable bonds is 5. The number of hydrogen-bond acceptors (Lipinski definition) is 3. The molecule has 2 N–H and O–H groups in total. The minimum absolute atomic E-state index is 0. The van der Waals surface area contributed by atoms with E-state index >= 15 is 0 Å². The van der Waals surface area contributed by atoms with Crippen LogP contribution in [0.3, 0.4) is 0 Å². The predicted molar refractivity (Wildman–Crippen MR) is 96.6 cm³/mol. The molecule has 1 aromatic rings. The molecule has 5 heteroatoms. The van der Waals surface area contributed by atoms with E-state index in [1.807, 2.05) is 13.0 Å². The topological polar surface area (TPSA) is 50.4 Å². The number of hydrogen-bond donors (Lipinski definition) is 2. The Morgan fingerprint density at radius 3 is 2.83 bits per heavy atom. The molecule has 1 aliphatic heterocycles. The highest BCUT2D eigenvalue weighted by atomic mass is 35.5.